The van der Waals surface area contributed by atoms with E-state index in [4.69, 9.17) is 16.9 Å². The molecule has 0 saturated carbocycles. The highest BCUT2D eigenvalue weighted by atomic mass is 35.5. The molecule has 1 N–H and O–H groups in total. The first kappa shape index (κ1) is 14.5. The van der Waals surface area contributed by atoms with Crippen molar-refractivity contribution in [3.63, 3.8) is 0 Å². The van der Waals surface area contributed by atoms with Crippen molar-refractivity contribution < 1.29 is 0 Å². The molecular weight excluding hydrogens is 270 g/mol. The lowest BCUT2D eigenvalue weighted by Gasteiger charge is -2.24. The molecule has 0 aliphatic rings. The van der Waals surface area contributed by atoms with Crippen LogP contribution in [0.3, 0.4) is 0 Å². The molecule has 0 fully saturated rings. The van der Waals surface area contributed by atoms with Crippen LogP contribution in [0.1, 0.15) is 31.9 Å². The Labute approximate surface area is 124 Å². The summed E-state index contributed by atoms with van der Waals surface area (Å²) in [5.41, 5.74) is 1.74. The highest BCUT2D eigenvalue weighted by Gasteiger charge is 2.17. The third-order valence-corrected chi connectivity index (χ3v) is 3.31. The molecular formula is C16H18ClN3. The van der Waals surface area contributed by atoms with Gasteiger partial charge >= 0.3 is 0 Å². The van der Waals surface area contributed by atoms with Gasteiger partial charge in [-0.3, -0.25) is 0 Å². The van der Waals surface area contributed by atoms with E-state index >= 15 is 0 Å². The first-order chi connectivity index (χ1) is 9.40. The van der Waals surface area contributed by atoms with Crippen LogP contribution in [0, 0.1) is 11.3 Å². The van der Waals surface area contributed by atoms with Crippen molar-refractivity contribution in [2.75, 3.05) is 5.32 Å². The van der Waals surface area contributed by atoms with Crippen molar-refractivity contribution in [3.05, 3.63) is 52.7 Å². The Hall–Kier alpha value is -1.92. The number of rotatable bonds is 3. The molecule has 4 heteroatoms. The summed E-state index contributed by atoms with van der Waals surface area (Å²) in [6.07, 6.45) is 1.88. The van der Waals surface area contributed by atoms with E-state index < -0.39 is 0 Å². The van der Waals surface area contributed by atoms with E-state index in [1.807, 2.05) is 36.5 Å². The summed E-state index contributed by atoms with van der Waals surface area (Å²) < 4.78 is 2.08. The minimum atomic E-state index is -0.0720. The van der Waals surface area contributed by atoms with Gasteiger partial charge in [0.05, 0.1) is 5.56 Å². The van der Waals surface area contributed by atoms with Gasteiger partial charge in [-0.2, -0.15) is 5.26 Å². The molecule has 1 aromatic carbocycles. The predicted molar refractivity (Wildman–Crippen MR) is 82.9 cm³/mol. The molecule has 0 amide bonds. The number of benzene rings is 1. The van der Waals surface area contributed by atoms with E-state index in [2.05, 4.69) is 36.7 Å². The molecule has 2 aromatic rings. The van der Waals surface area contributed by atoms with Gasteiger partial charge < -0.3 is 9.88 Å². The van der Waals surface area contributed by atoms with Crippen LogP contribution in [0.25, 0.3) is 0 Å². The quantitative estimate of drug-likeness (QED) is 0.910. The van der Waals surface area contributed by atoms with Crippen LogP contribution in [0.15, 0.2) is 36.5 Å². The second-order valence-corrected chi connectivity index (χ2v) is 6.18. The molecule has 1 heterocycles. The Morgan fingerprint density at radius 3 is 2.45 bits per heavy atom. The summed E-state index contributed by atoms with van der Waals surface area (Å²) in [6, 6.07) is 11.8. The molecule has 0 aliphatic heterocycles. The fraction of sp³-hybridized carbons (Fsp3) is 0.312. The maximum absolute atomic E-state index is 9.05. The second kappa shape index (κ2) is 5.60. The molecule has 0 spiro atoms. The summed E-state index contributed by atoms with van der Waals surface area (Å²) in [5, 5.41) is 13.2. The number of hydrogen-bond donors (Lipinski definition) is 1. The molecule has 0 aliphatic carbocycles. The molecule has 0 atom stereocenters. The summed E-state index contributed by atoms with van der Waals surface area (Å²) in [5.74, 6) is 0.948. The minimum Gasteiger partial charge on any atom is -0.367 e. The smallest absolute Gasteiger partial charge is 0.107 e. The standard InChI is InChI=1S/C16H18ClN3/c1-16(2,3)20-11-13(9-18)8-15(20)19-10-12-4-6-14(17)7-5-12/h4-8,11,19H,10H2,1-3H3. The number of anilines is 1. The van der Waals surface area contributed by atoms with Gasteiger partial charge in [0.1, 0.15) is 11.9 Å². The maximum atomic E-state index is 9.05. The predicted octanol–water partition coefficient (Wildman–Crippen LogP) is 4.38. The second-order valence-electron chi connectivity index (χ2n) is 5.75. The molecule has 0 unspecified atom stereocenters. The molecule has 1 aromatic heterocycles. The molecule has 0 bridgehead atoms. The molecule has 0 saturated heterocycles. The average Bonchev–Trinajstić information content (AvgIpc) is 2.81. The lowest BCUT2D eigenvalue weighted by molar-refractivity contribution is 0.402. The van der Waals surface area contributed by atoms with Crippen LogP contribution in [0.5, 0.6) is 0 Å². The Kier molecular flexibility index (Phi) is 4.06. The van der Waals surface area contributed by atoms with Crippen molar-refractivity contribution >= 4 is 17.4 Å². The lowest BCUT2D eigenvalue weighted by Crippen LogP contribution is -2.22. The Bertz CT molecular complexity index is 627. The van der Waals surface area contributed by atoms with E-state index in [1.54, 1.807) is 0 Å². The van der Waals surface area contributed by atoms with E-state index in [0.29, 0.717) is 12.1 Å². The third kappa shape index (κ3) is 3.34. The molecule has 20 heavy (non-hydrogen) atoms. The van der Waals surface area contributed by atoms with Crippen LogP contribution >= 0.6 is 11.6 Å². The van der Waals surface area contributed by atoms with Gasteiger partial charge in [-0.05, 0) is 44.5 Å². The van der Waals surface area contributed by atoms with Gasteiger partial charge in [0.25, 0.3) is 0 Å². The first-order valence-corrected chi connectivity index (χ1v) is 6.89. The number of aromatic nitrogens is 1. The minimum absolute atomic E-state index is 0.0720. The van der Waals surface area contributed by atoms with Crippen molar-refractivity contribution in [2.45, 2.75) is 32.9 Å². The normalized spacial score (nSPS) is 11.2. The fourth-order valence-electron chi connectivity index (χ4n) is 2.01. The lowest BCUT2D eigenvalue weighted by atomic mass is 10.1. The highest BCUT2D eigenvalue weighted by molar-refractivity contribution is 6.30. The summed E-state index contributed by atoms with van der Waals surface area (Å²) in [7, 11) is 0. The zero-order valence-electron chi connectivity index (χ0n) is 11.9. The number of halogens is 1. The average molecular weight is 288 g/mol. The van der Waals surface area contributed by atoms with Crippen LogP contribution in [0.4, 0.5) is 5.82 Å². The van der Waals surface area contributed by atoms with Gasteiger partial charge in [0.2, 0.25) is 0 Å². The molecule has 104 valence electrons. The first-order valence-electron chi connectivity index (χ1n) is 6.51. The molecule has 3 nitrogen and oxygen atoms in total. The SMILES string of the molecule is CC(C)(C)n1cc(C#N)cc1NCc1ccc(Cl)cc1. The number of nitrogens with zero attached hydrogens (tertiary/aromatic N) is 2. The molecule has 2 rings (SSSR count). The summed E-state index contributed by atoms with van der Waals surface area (Å²) in [6.45, 7) is 7.03. The fourth-order valence-corrected chi connectivity index (χ4v) is 2.14. The van der Waals surface area contributed by atoms with Crippen molar-refractivity contribution in [3.8, 4) is 6.07 Å². The van der Waals surface area contributed by atoms with Gasteiger partial charge in [-0.1, -0.05) is 23.7 Å². The summed E-state index contributed by atoms with van der Waals surface area (Å²) >= 11 is 5.88. The zero-order valence-corrected chi connectivity index (χ0v) is 12.7. The zero-order chi connectivity index (χ0) is 14.8. The third-order valence-electron chi connectivity index (χ3n) is 3.06. The number of hydrogen-bond acceptors (Lipinski definition) is 2. The van der Waals surface area contributed by atoms with Crippen molar-refractivity contribution in [2.24, 2.45) is 0 Å². The maximum Gasteiger partial charge on any atom is 0.107 e. The van der Waals surface area contributed by atoms with E-state index in [0.717, 1.165) is 16.4 Å². The topological polar surface area (TPSA) is 40.8 Å². The monoisotopic (exact) mass is 287 g/mol. The Morgan fingerprint density at radius 2 is 1.90 bits per heavy atom. The van der Waals surface area contributed by atoms with Gasteiger partial charge in [0, 0.05) is 23.3 Å². The van der Waals surface area contributed by atoms with E-state index in [-0.39, 0.29) is 5.54 Å². The van der Waals surface area contributed by atoms with E-state index in [1.165, 1.54) is 0 Å². The van der Waals surface area contributed by atoms with Crippen LogP contribution in [0.2, 0.25) is 5.02 Å². The summed E-state index contributed by atoms with van der Waals surface area (Å²) in [4.78, 5) is 0. The van der Waals surface area contributed by atoms with Gasteiger partial charge in [0.15, 0.2) is 0 Å². The van der Waals surface area contributed by atoms with Crippen LogP contribution < -0.4 is 5.32 Å². The van der Waals surface area contributed by atoms with Crippen molar-refractivity contribution in [1.29, 1.82) is 5.26 Å². The Morgan fingerprint density at radius 1 is 1.25 bits per heavy atom. The largest absolute Gasteiger partial charge is 0.367 e. The van der Waals surface area contributed by atoms with Crippen LogP contribution in [-0.2, 0) is 12.1 Å². The van der Waals surface area contributed by atoms with Crippen LogP contribution in [-0.4, -0.2) is 4.57 Å². The van der Waals surface area contributed by atoms with Gasteiger partial charge in [-0.15, -0.1) is 0 Å². The van der Waals surface area contributed by atoms with Gasteiger partial charge in [-0.25, -0.2) is 0 Å². The highest BCUT2D eigenvalue weighted by Crippen LogP contribution is 2.24. The molecule has 0 radical (unpaired) electrons. The number of nitrogens with one attached hydrogen (secondary N) is 1. The van der Waals surface area contributed by atoms with Crippen molar-refractivity contribution in [1.82, 2.24) is 4.57 Å². The number of nitriles is 1. The van der Waals surface area contributed by atoms with E-state index in [9.17, 15) is 0 Å². The Balaban J connectivity index is 2.19.